The molecule has 0 aromatic heterocycles. The second-order valence-corrected chi connectivity index (χ2v) is 9.30. The van der Waals surface area contributed by atoms with Crippen molar-refractivity contribution >= 4 is 21.6 Å². The van der Waals surface area contributed by atoms with Gasteiger partial charge in [0.25, 0.3) is 0 Å². The first-order chi connectivity index (χ1) is 13.1. The number of hydrogen-bond donors (Lipinski definition) is 2. The van der Waals surface area contributed by atoms with Crippen molar-refractivity contribution in [1.82, 2.24) is 4.72 Å². The summed E-state index contributed by atoms with van der Waals surface area (Å²) in [6, 6.07) is 11.8. The van der Waals surface area contributed by atoms with Gasteiger partial charge in [-0.05, 0) is 57.0 Å². The lowest BCUT2D eigenvalue weighted by atomic mass is 10.1. The van der Waals surface area contributed by atoms with Crippen LogP contribution in [0.25, 0.3) is 0 Å². The third-order valence-corrected chi connectivity index (χ3v) is 5.75. The Hall–Kier alpha value is -2.58. The summed E-state index contributed by atoms with van der Waals surface area (Å²) in [7, 11) is -3.56. The van der Waals surface area contributed by atoms with E-state index in [4.69, 9.17) is 9.47 Å². The normalized spacial score (nSPS) is 13.4. The first-order valence-corrected chi connectivity index (χ1v) is 10.4. The number of nitrogens with one attached hydrogen (secondary N) is 2. The Morgan fingerprint density at radius 1 is 1.04 bits per heavy atom. The molecule has 1 aliphatic heterocycles. The highest BCUT2D eigenvalue weighted by atomic mass is 32.2. The summed E-state index contributed by atoms with van der Waals surface area (Å²) in [5.41, 5.74) is 0.976. The number of carbonyl (C=O) groups excluding carboxylic acids is 1. The minimum Gasteiger partial charge on any atom is -0.454 e. The molecule has 2 N–H and O–H groups in total. The summed E-state index contributed by atoms with van der Waals surface area (Å²) in [4.78, 5) is 12.4. The average Bonchev–Trinajstić information content (AvgIpc) is 3.06. The average molecular weight is 404 g/mol. The first kappa shape index (κ1) is 20.2. The molecule has 28 heavy (non-hydrogen) atoms. The summed E-state index contributed by atoms with van der Waals surface area (Å²) in [5.74, 6) is 1.14. The Morgan fingerprint density at radius 3 is 2.39 bits per heavy atom. The molecule has 2 aromatic rings. The van der Waals surface area contributed by atoms with Gasteiger partial charge in [-0.3, -0.25) is 4.79 Å². The third kappa shape index (κ3) is 5.24. The molecule has 2 aromatic carbocycles. The van der Waals surface area contributed by atoms with Gasteiger partial charge >= 0.3 is 0 Å². The van der Waals surface area contributed by atoms with Gasteiger partial charge in [0.15, 0.2) is 11.5 Å². The highest BCUT2D eigenvalue weighted by Gasteiger charge is 2.21. The predicted molar refractivity (Wildman–Crippen MR) is 106 cm³/mol. The van der Waals surface area contributed by atoms with E-state index in [2.05, 4.69) is 10.0 Å². The molecule has 0 saturated carbocycles. The molecule has 0 aliphatic carbocycles. The molecule has 0 fully saturated rings. The molecule has 0 atom stereocenters. The lowest BCUT2D eigenvalue weighted by Gasteiger charge is -2.20. The molecular weight excluding hydrogens is 380 g/mol. The van der Waals surface area contributed by atoms with Crippen LogP contribution in [0, 0.1) is 0 Å². The fourth-order valence-electron chi connectivity index (χ4n) is 2.75. The highest BCUT2D eigenvalue weighted by molar-refractivity contribution is 7.89. The topological polar surface area (TPSA) is 93.7 Å². The summed E-state index contributed by atoms with van der Waals surface area (Å²) in [6.07, 6.45) is 0.782. The van der Waals surface area contributed by atoms with Gasteiger partial charge in [-0.15, -0.1) is 0 Å². The standard InChI is InChI=1S/C20H24N2O5S/c1-20(2,3)22-28(24,25)16-8-4-14(5-9-16)6-11-19(23)21-15-7-10-17-18(12-15)27-13-26-17/h4-5,7-10,12,22H,6,11,13H2,1-3H3,(H,21,23). The fourth-order valence-corrected chi connectivity index (χ4v) is 4.17. The number of hydrogen-bond acceptors (Lipinski definition) is 5. The van der Waals surface area contributed by atoms with Crippen LogP contribution in [0.1, 0.15) is 32.8 Å². The number of aryl methyl sites for hydroxylation is 1. The molecule has 0 bridgehead atoms. The molecular formula is C20H24N2O5S. The zero-order chi connectivity index (χ0) is 20.4. The van der Waals surface area contributed by atoms with Gasteiger partial charge in [-0.2, -0.15) is 0 Å². The number of carbonyl (C=O) groups is 1. The second-order valence-electron chi connectivity index (χ2n) is 7.62. The van der Waals surface area contributed by atoms with E-state index in [-0.39, 0.29) is 24.0 Å². The van der Waals surface area contributed by atoms with Crippen LogP contribution in [0.3, 0.4) is 0 Å². The van der Waals surface area contributed by atoms with Gasteiger partial charge in [-0.25, -0.2) is 13.1 Å². The number of fused-ring (bicyclic) bond motifs is 1. The SMILES string of the molecule is CC(C)(C)NS(=O)(=O)c1ccc(CCC(=O)Nc2ccc3c(c2)OCO3)cc1. The Morgan fingerprint density at radius 2 is 1.71 bits per heavy atom. The number of rotatable bonds is 6. The Labute approximate surface area is 165 Å². The summed E-state index contributed by atoms with van der Waals surface area (Å²) in [5, 5.41) is 2.82. The molecule has 1 amide bonds. The molecule has 150 valence electrons. The van der Waals surface area contributed by atoms with Gasteiger partial charge in [0.1, 0.15) is 0 Å². The minimum atomic E-state index is -3.56. The molecule has 1 aliphatic rings. The molecule has 0 radical (unpaired) electrons. The summed E-state index contributed by atoms with van der Waals surface area (Å²) < 4.78 is 37.8. The van der Waals surface area contributed by atoms with Crippen molar-refractivity contribution in [3.63, 3.8) is 0 Å². The zero-order valence-corrected chi connectivity index (χ0v) is 16.9. The van der Waals surface area contributed by atoms with Gasteiger partial charge < -0.3 is 14.8 Å². The van der Waals surface area contributed by atoms with Gasteiger partial charge in [0.05, 0.1) is 4.90 Å². The van der Waals surface area contributed by atoms with Crippen LogP contribution < -0.4 is 19.5 Å². The maximum Gasteiger partial charge on any atom is 0.241 e. The largest absolute Gasteiger partial charge is 0.454 e. The number of benzene rings is 2. The van der Waals surface area contributed by atoms with Gasteiger partial charge in [-0.1, -0.05) is 12.1 Å². The van der Waals surface area contributed by atoms with Crippen molar-refractivity contribution in [2.24, 2.45) is 0 Å². The second kappa shape index (κ2) is 7.81. The first-order valence-electron chi connectivity index (χ1n) is 8.95. The van der Waals surface area contributed by atoms with E-state index >= 15 is 0 Å². The Bertz CT molecular complexity index is 963. The molecule has 0 unspecified atom stereocenters. The molecule has 7 nitrogen and oxygen atoms in total. The zero-order valence-electron chi connectivity index (χ0n) is 16.1. The summed E-state index contributed by atoms with van der Waals surface area (Å²) >= 11 is 0. The van der Waals surface area contributed by atoms with Gasteiger partial charge in [0.2, 0.25) is 22.7 Å². The van der Waals surface area contributed by atoms with Crippen LogP contribution >= 0.6 is 0 Å². The highest BCUT2D eigenvalue weighted by Crippen LogP contribution is 2.34. The monoisotopic (exact) mass is 404 g/mol. The Kier molecular flexibility index (Phi) is 5.62. The smallest absolute Gasteiger partial charge is 0.241 e. The maximum atomic E-state index is 12.3. The lowest BCUT2D eigenvalue weighted by Crippen LogP contribution is -2.40. The van der Waals surface area contributed by atoms with Crippen molar-refractivity contribution in [2.75, 3.05) is 12.1 Å². The predicted octanol–water partition coefficient (Wildman–Crippen LogP) is 3.06. The quantitative estimate of drug-likeness (QED) is 0.772. The van der Waals surface area contributed by atoms with Gasteiger partial charge in [0, 0.05) is 23.7 Å². The fraction of sp³-hybridized carbons (Fsp3) is 0.350. The van der Waals surface area contributed by atoms with E-state index in [9.17, 15) is 13.2 Å². The van der Waals surface area contributed by atoms with E-state index in [0.717, 1.165) is 5.56 Å². The third-order valence-electron chi connectivity index (χ3n) is 3.97. The van der Waals surface area contributed by atoms with Crippen LogP contribution in [0.15, 0.2) is 47.4 Å². The number of anilines is 1. The van der Waals surface area contributed by atoms with E-state index in [1.165, 1.54) is 0 Å². The van der Waals surface area contributed by atoms with Crippen molar-refractivity contribution < 1.29 is 22.7 Å². The maximum absolute atomic E-state index is 12.3. The summed E-state index contributed by atoms with van der Waals surface area (Å²) in [6.45, 7) is 5.55. The lowest BCUT2D eigenvalue weighted by molar-refractivity contribution is -0.116. The van der Waals surface area contributed by atoms with E-state index < -0.39 is 15.6 Å². The van der Waals surface area contributed by atoms with Crippen molar-refractivity contribution in [1.29, 1.82) is 0 Å². The van der Waals surface area contributed by atoms with Crippen LogP contribution in [0.5, 0.6) is 11.5 Å². The molecule has 8 heteroatoms. The van der Waals surface area contributed by atoms with Crippen LogP contribution in [-0.2, 0) is 21.2 Å². The van der Waals surface area contributed by atoms with Crippen LogP contribution in [0.2, 0.25) is 0 Å². The molecule has 1 heterocycles. The van der Waals surface area contributed by atoms with Crippen molar-refractivity contribution in [2.45, 2.75) is 44.0 Å². The van der Waals surface area contributed by atoms with E-state index in [1.54, 1.807) is 63.2 Å². The van der Waals surface area contributed by atoms with E-state index in [0.29, 0.717) is 23.6 Å². The minimum absolute atomic E-state index is 0.134. The van der Waals surface area contributed by atoms with Crippen molar-refractivity contribution in [3.8, 4) is 11.5 Å². The molecule has 0 spiro atoms. The number of ether oxygens (including phenoxy) is 2. The van der Waals surface area contributed by atoms with Crippen molar-refractivity contribution in [3.05, 3.63) is 48.0 Å². The Balaban J connectivity index is 1.55. The van der Waals surface area contributed by atoms with Crippen LogP contribution in [-0.4, -0.2) is 26.7 Å². The number of amides is 1. The molecule has 3 rings (SSSR count). The van der Waals surface area contributed by atoms with Crippen LogP contribution in [0.4, 0.5) is 5.69 Å². The van der Waals surface area contributed by atoms with E-state index in [1.807, 2.05) is 0 Å². The number of sulfonamides is 1. The molecule has 0 saturated heterocycles.